The van der Waals surface area contributed by atoms with Gasteiger partial charge in [-0.3, -0.25) is 0 Å². The van der Waals surface area contributed by atoms with Crippen molar-refractivity contribution in [3.8, 4) is 0 Å². The minimum atomic E-state index is -1.52. The molecule has 0 aromatic carbocycles. The van der Waals surface area contributed by atoms with Crippen LogP contribution in [0.25, 0.3) is 0 Å². The molecule has 94 valence electrons. The summed E-state index contributed by atoms with van der Waals surface area (Å²) in [5, 5.41) is 26.8. The van der Waals surface area contributed by atoms with Crippen LogP contribution < -0.4 is 0 Å². The number of hydrogen-bond donors (Lipinski definition) is 3. The molecule has 3 N–H and O–H groups in total. The van der Waals surface area contributed by atoms with Crippen LogP contribution in [0, 0.1) is 0 Å². The predicted octanol–water partition coefficient (Wildman–Crippen LogP) is 0.732. The number of ether oxygens (including phenoxy) is 2. The zero-order chi connectivity index (χ0) is 12.6. The van der Waals surface area contributed by atoms with Crippen LogP contribution in [-0.4, -0.2) is 46.4 Å². The van der Waals surface area contributed by atoms with E-state index >= 15 is 0 Å². The Balaban J connectivity index is 4.64. The van der Waals surface area contributed by atoms with Gasteiger partial charge in [0.05, 0.1) is 12.9 Å². The van der Waals surface area contributed by atoms with E-state index in [2.05, 4.69) is 11.3 Å². The summed E-state index contributed by atoms with van der Waals surface area (Å²) in [6, 6.07) is 0. The van der Waals surface area contributed by atoms with Gasteiger partial charge in [0, 0.05) is 0 Å². The zero-order valence-electron chi connectivity index (χ0n) is 9.20. The van der Waals surface area contributed by atoms with Gasteiger partial charge in [-0.25, -0.2) is 4.79 Å². The maximum Gasteiger partial charge on any atom is 0.506 e. The van der Waals surface area contributed by atoms with Gasteiger partial charge in [-0.15, -0.1) is 0 Å². The molecule has 6 nitrogen and oxygen atoms in total. The number of aliphatic hydroxyl groups excluding tert-OH is 2. The molecule has 3 unspecified atom stereocenters. The molecule has 0 heterocycles. The van der Waals surface area contributed by atoms with Gasteiger partial charge in [-0.1, -0.05) is 19.9 Å². The van der Waals surface area contributed by atoms with E-state index in [1.165, 1.54) is 0 Å². The maximum absolute atomic E-state index is 10.4. The molecule has 0 aromatic rings. The van der Waals surface area contributed by atoms with Crippen LogP contribution in [0.1, 0.15) is 19.8 Å². The first-order valence-electron chi connectivity index (χ1n) is 5.01. The maximum atomic E-state index is 10.4. The van der Waals surface area contributed by atoms with Gasteiger partial charge in [-0.2, -0.15) is 0 Å². The van der Waals surface area contributed by atoms with Crippen LogP contribution in [0.15, 0.2) is 12.8 Å². The summed E-state index contributed by atoms with van der Waals surface area (Å²) in [6.07, 6.45) is -2.25. The predicted molar refractivity (Wildman–Crippen MR) is 56.0 cm³/mol. The number of aliphatic hydroxyl groups is 2. The molecule has 0 rings (SSSR count). The van der Waals surface area contributed by atoms with Crippen molar-refractivity contribution in [2.45, 2.75) is 38.1 Å². The molecule has 0 fully saturated rings. The fraction of sp³-hybridized carbons (Fsp3) is 0.700. The lowest BCUT2D eigenvalue weighted by Crippen LogP contribution is -2.43. The number of carbonyl (C=O) groups is 1. The SMILES string of the molecule is C=COC(CCC)C(OC(=O)O)C(O)CO. The minimum Gasteiger partial charge on any atom is -0.495 e. The van der Waals surface area contributed by atoms with Crippen LogP contribution in [-0.2, 0) is 9.47 Å². The fourth-order valence-electron chi connectivity index (χ4n) is 1.34. The Morgan fingerprint density at radius 1 is 1.56 bits per heavy atom. The van der Waals surface area contributed by atoms with E-state index in [1.807, 2.05) is 6.92 Å². The van der Waals surface area contributed by atoms with Gasteiger partial charge in [0.25, 0.3) is 0 Å². The van der Waals surface area contributed by atoms with E-state index in [-0.39, 0.29) is 0 Å². The first kappa shape index (κ1) is 14.7. The highest BCUT2D eigenvalue weighted by atomic mass is 16.7. The monoisotopic (exact) mass is 234 g/mol. The van der Waals surface area contributed by atoms with Crippen LogP contribution in [0.4, 0.5) is 4.79 Å². The minimum absolute atomic E-state index is 0.487. The second-order valence-electron chi connectivity index (χ2n) is 3.23. The lowest BCUT2D eigenvalue weighted by atomic mass is 10.0. The van der Waals surface area contributed by atoms with Crippen LogP contribution in [0.2, 0.25) is 0 Å². The van der Waals surface area contributed by atoms with Gasteiger partial charge in [0.1, 0.15) is 12.2 Å². The van der Waals surface area contributed by atoms with E-state index < -0.39 is 31.1 Å². The van der Waals surface area contributed by atoms with Crippen molar-refractivity contribution < 1.29 is 29.6 Å². The van der Waals surface area contributed by atoms with E-state index in [4.69, 9.17) is 14.9 Å². The Bertz CT molecular complexity index is 217. The molecule has 0 aliphatic carbocycles. The molecule has 6 heteroatoms. The Morgan fingerprint density at radius 2 is 2.19 bits per heavy atom. The molecule has 3 atom stereocenters. The Kier molecular flexibility index (Phi) is 7.32. The van der Waals surface area contributed by atoms with Gasteiger partial charge < -0.3 is 24.8 Å². The summed E-state index contributed by atoms with van der Waals surface area (Å²) in [4.78, 5) is 10.4. The van der Waals surface area contributed by atoms with Gasteiger partial charge >= 0.3 is 6.16 Å². The number of carboxylic acid groups (broad SMARTS) is 1. The molecule has 16 heavy (non-hydrogen) atoms. The molecule has 0 saturated heterocycles. The molecule has 0 radical (unpaired) electrons. The number of rotatable bonds is 8. The molecular formula is C10H18O6. The Morgan fingerprint density at radius 3 is 2.56 bits per heavy atom. The highest BCUT2D eigenvalue weighted by Crippen LogP contribution is 2.15. The van der Waals surface area contributed by atoms with Crippen molar-refractivity contribution in [2.75, 3.05) is 6.61 Å². The molecular weight excluding hydrogens is 216 g/mol. The average molecular weight is 234 g/mol. The first-order chi connectivity index (χ1) is 7.56. The largest absolute Gasteiger partial charge is 0.506 e. The lowest BCUT2D eigenvalue weighted by Gasteiger charge is -2.27. The molecule has 0 bridgehead atoms. The summed E-state index contributed by atoms with van der Waals surface area (Å²) in [5.41, 5.74) is 0. The lowest BCUT2D eigenvalue weighted by molar-refractivity contribution is -0.0971. The van der Waals surface area contributed by atoms with Gasteiger partial charge in [-0.05, 0) is 6.42 Å². The highest BCUT2D eigenvalue weighted by molar-refractivity contribution is 5.57. The van der Waals surface area contributed by atoms with Crippen molar-refractivity contribution in [1.82, 2.24) is 0 Å². The third-order valence-electron chi connectivity index (χ3n) is 2.01. The topological polar surface area (TPSA) is 96.2 Å². The van der Waals surface area contributed by atoms with E-state index in [1.54, 1.807) is 0 Å². The van der Waals surface area contributed by atoms with Gasteiger partial charge in [0.15, 0.2) is 6.10 Å². The molecule has 0 saturated carbocycles. The molecule has 0 aromatic heterocycles. The smallest absolute Gasteiger partial charge is 0.495 e. The molecule has 0 amide bonds. The number of hydrogen-bond acceptors (Lipinski definition) is 5. The summed E-state index contributed by atoms with van der Waals surface area (Å²) < 4.78 is 9.58. The van der Waals surface area contributed by atoms with Crippen molar-refractivity contribution >= 4 is 6.16 Å². The fourth-order valence-corrected chi connectivity index (χ4v) is 1.34. The normalized spacial score (nSPS) is 15.9. The Hall–Kier alpha value is -1.27. The van der Waals surface area contributed by atoms with E-state index in [0.717, 1.165) is 12.7 Å². The van der Waals surface area contributed by atoms with Crippen LogP contribution in [0.3, 0.4) is 0 Å². The van der Waals surface area contributed by atoms with E-state index in [9.17, 15) is 9.90 Å². The summed E-state index contributed by atoms with van der Waals surface area (Å²) in [7, 11) is 0. The summed E-state index contributed by atoms with van der Waals surface area (Å²) in [6.45, 7) is 4.64. The third kappa shape index (κ3) is 4.99. The standard InChI is InChI=1S/C10H18O6/c1-3-5-8(15-4-2)9(7(12)6-11)16-10(13)14/h4,7-9,11-12H,2-3,5-6H2,1H3,(H,13,14). The summed E-state index contributed by atoms with van der Waals surface area (Å²) >= 11 is 0. The third-order valence-corrected chi connectivity index (χ3v) is 2.01. The first-order valence-corrected chi connectivity index (χ1v) is 5.01. The van der Waals surface area contributed by atoms with Crippen LogP contribution >= 0.6 is 0 Å². The molecule has 0 spiro atoms. The van der Waals surface area contributed by atoms with Crippen molar-refractivity contribution in [3.63, 3.8) is 0 Å². The quantitative estimate of drug-likeness (QED) is 0.423. The molecule has 0 aliphatic heterocycles. The Labute approximate surface area is 94.1 Å². The van der Waals surface area contributed by atoms with Crippen molar-refractivity contribution in [2.24, 2.45) is 0 Å². The van der Waals surface area contributed by atoms with Crippen molar-refractivity contribution in [3.05, 3.63) is 12.8 Å². The summed E-state index contributed by atoms with van der Waals surface area (Å²) in [5.74, 6) is 0. The molecule has 0 aliphatic rings. The second-order valence-corrected chi connectivity index (χ2v) is 3.23. The van der Waals surface area contributed by atoms with Crippen molar-refractivity contribution in [1.29, 1.82) is 0 Å². The van der Waals surface area contributed by atoms with Crippen LogP contribution in [0.5, 0.6) is 0 Å². The second kappa shape index (κ2) is 7.95. The van der Waals surface area contributed by atoms with Gasteiger partial charge in [0.2, 0.25) is 0 Å². The average Bonchev–Trinajstić information content (AvgIpc) is 2.24. The highest BCUT2D eigenvalue weighted by Gasteiger charge is 2.32. The van der Waals surface area contributed by atoms with E-state index in [0.29, 0.717) is 6.42 Å². The zero-order valence-corrected chi connectivity index (χ0v) is 9.20.